The maximum atomic E-state index is 12.9. The molecule has 0 N–H and O–H groups in total. The van der Waals surface area contributed by atoms with Crippen molar-refractivity contribution in [3.8, 4) is 0 Å². The molecule has 3 rings (SSSR count). The van der Waals surface area contributed by atoms with E-state index < -0.39 is 9.84 Å². The van der Waals surface area contributed by atoms with Crippen molar-refractivity contribution in [1.29, 1.82) is 0 Å². The third-order valence-electron chi connectivity index (χ3n) is 5.69. The fourth-order valence-corrected chi connectivity index (χ4v) is 4.94. The van der Waals surface area contributed by atoms with Gasteiger partial charge in [-0.15, -0.1) is 0 Å². The number of likely N-dealkylation sites (tertiary alicyclic amines) is 1. The Kier molecular flexibility index (Phi) is 6.89. The van der Waals surface area contributed by atoms with Crippen molar-refractivity contribution in [2.24, 2.45) is 5.92 Å². The number of benzene rings is 1. The highest BCUT2D eigenvalue weighted by atomic mass is 32.2. The number of carbonyl (C=O) groups excluding carboxylic acids is 1. The van der Waals surface area contributed by atoms with Crippen LogP contribution in [0.25, 0.3) is 0 Å². The van der Waals surface area contributed by atoms with E-state index >= 15 is 0 Å². The lowest BCUT2D eigenvalue weighted by Crippen LogP contribution is -2.41. The number of carbonyl (C=O) groups is 1. The van der Waals surface area contributed by atoms with E-state index in [1.165, 1.54) is 0 Å². The topological polar surface area (TPSA) is 66.9 Å². The van der Waals surface area contributed by atoms with Gasteiger partial charge in [-0.25, -0.2) is 8.42 Å². The van der Waals surface area contributed by atoms with Crippen LogP contribution in [-0.4, -0.2) is 75.8 Å². The van der Waals surface area contributed by atoms with Crippen LogP contribution in [0.4, 0.5) is 0 Å². The molecule has 2 aliphatic rings. The van der Waals surface area contributed by atoms with E-state index in [1.807, 2.05) is 4.90 Å². The van der Waals surface area contributed by atoms with E-state index in [0.717, 1.165) is 52.1 Å². The minimum atomic E-state index is -3.41. The first-order valence-corrected chi connectivity index (χ1v) is 11.6. The highest BCUT2D eigenvalue weighted by molar-refractivity contribution is 7.91. The molecule has 0 aliphatic carbocycles. The predicted octanol–water partition coefficient (Wildman–Crippen LogP) is 2.05. The highest BCUT2D eigenvalue weighted by Crippen LogP contribution is 2.25. The Balaban J connectivity index is 1.56. The average molecular weight is 395 g/mol. The van der Waals surface area contributed by atoms with Crippen molar-refractivity contribution >= 4 is 15.7 Å². The van der Waals surface area contributed by atoms with E-state index in [0.29, 0.717) is 24.6 Å². The Morgan fingerprint density at radius 1 is 1.11 bits per heavy atom. The van der Waals surface area contributed by atoms with Crippen LogP contribution in [0.15, 0.2) is 29.2 Å². The molecule has 27 heavy (non-hydrogen) atoms. The number of rotatable bonds is 6. The zero-order valence-electron chi connectivity index (χ0n) is 16.1. The van der Waals surface area contributed by atoms with E-state index in [2.05, 4.69) is 4.90 Å². The molecular weight excluding hydrogens is 364 g/mol. The van der Waals surface area contributed by atoms with E-state index in [9.17, 15) is 13.2 Å². The van der Waals surface area contributed by atoms with Crippen molar-refractivity contribution in [3.63, 3.8) is 0 Å². The van der Waals surface area contributed by atoms with Crippen LogP contribution in [-0.2, 0) is 14.6 Å². The molecule has 1 amide bonds. The summed E-state index contributed by atoms with van der Waals surface area (Å²) >= 11 is 0. The lowest BCUT2D eigenvalue weighted by atomic mass is 9.93. The summed E-state index contributed by atoms with van der Waals surface area (Å²) in [5, 5.41) is 0. The molecule has 0 spiro atoms. The van der Waals surface area contributed by atoms with Gasteiger partial charge in [0.25, 0.3) is 5.91 Å². The number of piperidine rings is 1. The van der Waals surface area contributed by atoms with E-state index in [1.54, 1.807) is 31.2 Å². The Hall–Kier alpha value is -1.44. The summed E-state index contributed by atoms with van der Waals surface area (Å²) < 4.78 is 30.0. The third-order valence-corrected chi connectivity index (χ3v) is 7.48. The van der Waals surface area contributed by atoms with Crippen LogP contribution in [0.1, 0.15) is 36.5 Å². The van der Waals surface area contributed by atoms with Gasteiger partial charge in [0.1, 0.15) is 0 Å². The van der Waals surface area contributed by atoms with Crippen molar-refractivity contribution in [3.05, 3.63) is 29.8 Å². The van der Waals surface area contributed by atoms with Crippen LogP contribution in [0, 0.1) is 5.92 Å². The number of sulfone groups is 1. The molecule has 2 aliphatic heterocycles. The molecule has 0 saturated carbocycles. The number of amides is 1. The third kappa shape index (κ3) is 5.09. The summed E-state index contributed by atoms with van der Waals surface area (Å²) in [5.41, 5.74) is 0.311. The molecule has 7 heteroatoms. The van der Waals surface area contributed by atoms with Gasteiger partial charge in [-0.3, -0.25) is 9.69 Å². The van der Waals surface area contributed by atoms with Crippen LogP contribution >= 0.6 is 0 Å². The van der Waals surface area contributed by atoms with Gasteiger partial charge in [0.05, 0.1) is 29.4 Å². The molecule has 1 aromatic carbocycles. The number of hydrogen-bond donors (Lipinski definition) is 0. The summed E-state index contributed by atoms with van der Waals surface area (Å²) in [5.74, 6) is 0.474. The second-order valence-corrected chi connectivity index (χ2v) is 9.62. The van der Waals surface area contributed by atoms with Gasteiger partial charge in [0, 0.05) is 26.2 Å². The Labute approximate surface area is 162 Å². The number of nitrogens with zero attached hydrogens (tertiary/aromatic N) is 2. The van der Waals surface area contributed by atoms with E-state index in [-0.39, 0.29) is 16.6 Å². The predicted molar refractivity (Wildman–Crippen MR) is 105 cm³/mol. The molecule has 0 radical (unpaired) electrons. The summed E-state index contributed by atoms with van der Waals surface area (Å²) in [4.78, 5) is 17.4. The molecule has 1 aromatic rings. The summed E-state index contributed by atoms with van der Waals surface area (Å²) in [6.07, 6.45) is 3.13. The van der Waals surface area contributed by atoms with Gasteiger partial charge in [-0.1, -0.05) is 19.1 Å². The molecule has 2 heterocycles. The van der Waals surface area contributed by atoms with Gasteiger partial charge in [-0.05, 0) is 43.9 Å². The maximum Gasteiger partial charge on any atom is 0.255 e. The monoisotopic (exact) mass is 394 g/mol. The van der Waals surface area contributed by atoms with Gasteiger partial charge in [0.15, 0.2) is 9.84 Å². The molecule has 2 fully saturated rings. The van der Waals surface area contributed by atoms with Crippen LogP contribution in [0.2, 0.25) is 0 Å². The summed E-state index contributed by atoms with van der Waals surface area (Å²) in [6, 6.07) is 6.59. The van der Waals surface area contributed by atoms with Crippen LogP contribution in [0.3, 0.4) is 0 Å². The van der Waals surface area contributed by atoms with Crippen LogP contribution in [0.5, 0.6) is 0 Å². The van der Waals surface area contributed by atoms with Crippen molar-refractivity contribution in [2.45, 2.75) is 31.1 Å². The Morgan fingerprint density at radius 3 is 2.44 bits per heavy atom. The lowest BCUT2D eigenvalue weighted by molar-refractivity contribution is 0.0332. The zero-order chi connectivity index (χ0) is 19.3. The fraction of sp³-hybridized carbons (Fsp3) is 0.650. The zero-order valence-corrected chi connectivity index (χ0v) is 16.9. The fourth-order valence-electron chi connectivity index (χ4n) is 3.86. The Bertz CT molecular complexity index is 736. The molecule has 2 saturated heterocycles. The van der Waals surface area contributed by atoms with Crippen molar-refractivity contribution in [1.82, 2.24) is 9.80 Å². The second-order valence-electron chi connectivity index (χ2n) is 7.38. The standard InChI is InChI=1S/C20H30N2O4S/c1-2-27(24,25)19-6-4-3-5-18(19)20(23)22-11-8-17(9-12-22)7-10-21-13-15-26-16-14-21/h3-6,17H,2,7-16H2,1H3. The molecule has 0 atom stereocenters. The van der Waals surface area contributed by atoms with E-state index in [4.69, 9.17) is 4.74 Å². The first kappa shape index (κ1) is 20.3. The SMILES string of the molecule is CCS(=O)(=O)c1ccccc1C(=O)N1CCC(CCN2CCOCC2)CC1. The summed E-state index contributed by atoms with van der Waals surface area (Å²) in [6.45, 7) is 7.79. The van der Waals surface area contributed by atoms with Gasteiger partial charge in [-0.2, -0.15) is 0 Å². The number of hydrogen-bond acceptors (Lipinski definition) is 5. The minimum absolute atomic E-state index is 0.000900. The summed E-state index contributed by atoms with van der Waals surface area (Å²) in [7, 11) is -3.41. The number of morpholine rings is 1. The van der Waals surface area contributed by atoms with Gasteiger partial charge < -0.3 is 9.64 Å². The maximum absolute atomic E-state index is 12.9. The Morgan fingerprint density at radius 2 is 1.78 bits per heavy atom. The highest BCUT2D eigenvalue weighted by Gasteiger charge is 2.28. The second kappa shape index (κ2) is 9.17. The van der Waals surface area contributed by atoms with Crippen molar-refractivity contribution < 1.29 is 17.9 Å². The largest absolute Gasteiger partial charge is 0.379 e. The van der Waals surface area contributed by atoms with Gasteiger partial charge in [0.2, 0.25) is 0 Å². The average Bonchev–Trinajstić information content (AvgIpc) is 2.73. The lowest BCUT2D eigenvalue weighted by Gasteiger charge is -2.34. The minimum Gasteiger partial charge on any atom is -0.379 e. The molecule has 6 nitrogen and oxygen atoms in total. The molecule has 0 aromatic heterocycles. The first-order chi connectivity index (χ1) is 13.0. The molecule has 0 unspecified atom stereocenters. The van der Waals surface area contributed by atoms with Crippen LogP contribution < -0.4 is 0 Å². The van der Waals surface area contributed by atoms with Gasteiger partial charge >= 0.3 is 0 Å². The molecule has 0 bridgehead atoms. The molecular formula is C20H30N2O4S. The quantitative estimate of drug-likeness (QED) is 0.739. The molecule has 150 valence electrons. The smallest absolute Gasteiger partial charge is 0.255 e. The van der Waals surface area contributed by atoms with Crippen molar-refractivity contribution in [2.75, 3.05) is 51.7 Å². The number of ether oxygens (including phenoxy) is 1. The normalized spacial score (nSPS) is 20.0. The first-order valence-electron chi connectivity index (χ1n) is 9.92.